The summed E-state index contributed by atoms with van der Waals surface area (Å²) in [6, 6.07) is 21.2. The van der Waals surface area contributed by atoms with Crippen molar-refractivity contribution in [2.45, 2.75) is 43.1 Å². The number of morpholine rings is 1. The van der Waals surface area contributed by atoms with Crippen molar-refractivity contribution in [2.75, 3.05) is 38.7 Å². The first-order valence-corrected chi connectivity index (χ1v) is 16.4. The minimum Gasteiger partial charge on any atom is -0.453 e. The van der Waals surface area contributed by atoms with Crippen LogP contribution in [-0.2, 0) is 25.4 Å². The normalized spacial score (nSPS) is 17.1. The van der Waals surface area contributed by atoms with Crippen LogP contribution in [0.25, 0.3) is 10.8 Å². The molecule has 5 rings (SSSR count). The van der Waals surface area contributed by atoms with E-state index in [0.717, 1.165) is 17.9 Å². The van der Waals surface area contributed by atoms with Crippen LogP contribution in [-0.4, -0.2) is 75.9 Å². The van der Waals surface area contributed by atoms with Gasteiger partial charge in [0.25, 0.3) is 0 Å². The van der Waals surface area contributed by atoms with Gasteiger partial charge in [0, 0.05) is 23.7 Å². The van der Waals surface area contributed by atoms with Crippen LogP contribution < -0.4 is 21.3 Å². The summed E-state index contributed by atoms with van der Waals surface area (Å²) in [6.45, 7) is -1.37. The highest BCUT2D eigenvalue weighted by Crippen LogP contribution is 2.32. The van der Waals surface area contributed by atoms with Crippen LogP contribution in [0, 0.1) is 11.6 Å². The molecule has 1 heterocycles. The van der Waals surface area contributed by atoms with E-state index in [0.29, 0.717) is 17.5 Å². The quantitative estimate of drug-likeness (QED) is 0.128. The van der Waals surface area contributed by atoms with Crippen LogP contribution in [0.1, 0.15) is 29.0 Å². The fourth-order valence-electron chi connectivity index (χ4n) is 5.94. The maximum atomic E-state index is 15.3. The van der Waals surface area contributed by atoms with Crippen molar-refractivity contribution in [1.29, 1.82) is 0 Å². The van der Waals surface area contributed by atoms with Gasteiger partial charge >= 0.3 is 18.4 Å². The lowest BCUT2D eigenvalue weighted by Crippen LogP contribution is -2.49. The van der Waals surface area contributed by atoms with Gasteiger partial charge in [-0.2, -0.15) is 13.2 Å². The molecule has 0 aliphatic carbocycles. The van der Waals surface area contributed by atoms with E-state index in [2.05, 4.69) is 16.0 Å². The largest absolute Gasteiger partial charge is 0.453 e. The smallest absolute Gasteiger partial charge is 0.407 e. The molecule has 52 heavy (non-hydrogen) atoms. The van der Waals surface area contributed by atoms with E-state index >= 15 is 4.39 Å². The molecule has 0 aromatic heterocycles. The lowest BCUT2D eigenvalue weighted by atomic mass is 9.83. The van der Waals surface area contributed by atoms with Crippen molar-refractivity contribution in [2.24, 2.45) is 0 Å². The summed E-state index contributed by atoms with van der Waals surface area (Å²) in [7, 11) is 1.16. The number of alkyl halides is 3. The lowest BCUT2D eigenvalue weighted by Gasteiger charge is -2.30. The fourth-order valence-corrected chi connectivity index (χ4v) is 5.94. The number of hydrogen-bond donors (Lipinski definition) is 4. The van der Waals surface area contributed by atoms with E-state index in [1.165, 1.54) is 42.5 Å². The van der Waals surface area contributed by atoms with Gasteiger partial charge in [-0.3, -0.25) is 4.79 Å². The molecule has 4 N–H and O–H groups in total. The number of carbonyl (C=O) groups excluding carboxylic acids is 3. The van der Waals surface area contributed by atoms with Crippen molar-refractivity contribution >= 4 is 34.6 Å². The molecule has 1 aliphatic heterocycles. The van der Waals surface area contributed by atoms with Crippen LogP contribution in [0.3, 0.4) is 0 Å². The summed E-state index contributed by atoms with van der Waals surface area (Å²) >= 11 is 0. The Morgan fingerprint density at radius 3 is 2.35 bits per heavy atom. The maximum Gasteiger partial charge on any atom is 0.407 e. The Labute approximate surface area is 296 Å². The molecule has 0 saturated carbocycles. The molecular formula is C37H37F5N4O6. The van der Waals surface area contributed by atoms with Crippen molar-refractivity contribution in [3.8, 4) is 0 Å². The van der Waals surface area contributed by atoms with E-state index < -0.39 is 66.6 Å². The summed E-state index contributed by atoms with van der Waals surface area (Å²) in [5.74, 6) is -2.58. The van der Waals surface area contributed by atoms with Gasteiger partial charge in [0.05, 0.1) is 25.9 Å². The van der Waals surface area contributed by atoms with E-state index in [1.807, 2.05) is 42.5 Å². The third-order valence-corrected chi connectivity index (χ3v) is 8.55. The van der Waals surface area contributed by atoms with Crippen LogP contribution >= 0.6 is 0 Å². The number of ether oxygens (including phenoxy) is 3. The van der Waals surface area contributed by atoms with E-state index in [9.17, 15) is 31.9 Å². The van der Waals surface area contributed by atoms with Crippen LogP contribution in [0.5, 0.6) is 0 Å². The standard InChI is InChI=1S/C37H37F5N4O6/c1-50-36(49)46-33(32(23-11-13-26(38)14-12-23)25-10-9-22-5-2-3-6-24(22)17-25)34(47)45-31-8-4-7-30(39)29(31)16-15-28-18-43-27(19-51-28)20-52-35(48)44-21-37(40,41)42/h2-14,17,27-28,32-33,43H,15-16,18-21H2,1H3,(H,44,48)(H,45,47)(H,46,49)/t27-,28+,32-,33-/m0/s1. The number of amides is 3. The zero-order valence-corrected chi connectivity index (χ0v) is 28.0. The number of carbonyl (C=O) groups is 3. The summed E-state index contributed by atoms with van der Waals surface area (Å²) in [6.07, 6.45) is -6.61. The van der Waals surface area contributed by atoms with Crippen molar-refractivity contribution < 1.29 is 50.5 Å². The molecular weight excluding hydrogens is 691 g/mol. The Kier molecular flexibility index (Phi) is 12.6. The highest BCUT2D eigenvalue weighted by molar-refractivity contribution is 5.98. The summed E-state index contributed by atoms with van der Waals surface area (Å²) < 4.78 is 81.7. The molecule has 10 nitrogen and oxygen atoms in total. The van der Waals surface area contributed by atoms with Crippen LogP contribution in [0.15, 0.2) is 84.9 Å². The maximum absolute atomic E-state index is 15.3. The first kappa shape index (κ1) is 38.0. The van der Waals surface area contributed by atoms with E-state index in [1.54, 1.807) is 5.32 Å². The number of hydrogen-bond acceptors (Lipinski definition) is 7. The Morgan fingerprint density at radius 1 is 0.923 bits per heavy atom. The highest BCUT2D eigenvalue weighted by atomic mass is 19.4. The Balaban J connectivity index is 1.30. The van der Waals surface area contributed by atoms with Crippen LogP contribution in [0.4, 0.5) is 37.2 Å². The number of fused-ring (bicyclic) bond motifs is 1. The molecule has 4 aromatic rings. The Morgan fingerprint density at radius 2 is 1.65 bits per heavy atom. The molecule has 0 unspecified atom stereocenters. The molecule has 276 valence electrons. The zero-order chi connectivity index (χ0) is 37.3. The number of alkyl carbamates (subject to hydrolysis) is 2. The van der Waals surface area contributed by atoms with Gasteiger partial charge in [-0.1, -0.05) is 60.7 Å². The monoisotopic (exact) mass is 728 g/mol. The predicted octanol–water partition coefficient (Wildman–Crippen LogP) is 6.19. The zero-order valence-electron chi connectivity index (χ0n) is 28.0. The minimum absolute atomic E-state index is 0.0819. The van der Waals surface area contributed by atoms with Crippen molar-refractivity contribution in [3.63, 3.8) is 0 Å². The molecule has 1 saturated heterocycles. The molecule has 1 aliphatic rings. The molecule has 4 atom stereocenters. The second-order valence-electron chi connectivity index (χ2n) is 12.2. The number of nitrogens with one attached hydrogen (secondary N) is 4. The summed E-state index contributed by atoms with van der Waals surface area (Å²) in [5, 5.41) is 12.0. The van der Waals surface area contributed by atoms with Crippen LogP contribution in [0.2, 0.25) is 0 Å². The van der Waals surface area contributed by atoms with Gasteiger partial charge in [0.1, 0.15) is 30.8 Å². The van der Waals surface area contributed by atoms with Gasteiger partial charge in [0.15, 0.2) is 0 Å². The molecule has 3 amide bonds. The van der Waals surface area contributed by atoms with Gasteiger partial charge in [-0.05, 0) is 59.0 Å². The number of anilines is 1. The number of benzene rings is 4. The fraction of sp³-hybridized carbons (Fsp3) is 0.324. The minimum atomic E-state index is -4.56. The molecule has 15 heteroatoms. The average Bonchev–Trinajstić information content (AvgIpc) is 3.13. The molecule has 0 bridgehead atoms. The lowest BCUT2D eigenvalue weighted by molar-refractivity contribution is -0.124. The predicted molar refractivity (Wildman–Crippen MR) is 182 cm³/mol. The molecule has 0 radical (unpaired) electrons. The van der Waals surface area contributed by atoms with Crippen molar-refractivity contribution in [3.05, 3.63) is 113 Å². The summed E-state index contributed by atoms with van der Waals surface area (Å²) in [4.78, 5) is 38.4. The third-order valence-electron chi connectivity index (χ3n) is 8.55. The van der Waals surface area contributed by atoms with Gasteiger partial charge in [-0.25, -0.2) is 18.4 Å². The topological polar surface area (TPSA) is 127 Å². The third kappa shape index (κ3) is 10.4. The van der Waals surface area contributed by atoms with Gasteiger partial charge in [-0.15, -0.1) is 0 Å². The average molecular weight is 729 g/mol. The van der Waals surface area contributed by atoms with Crippen molar-refractivity contribution in [1.82, 2.24) is 16.0 Å². The van der Waals surface area contributed by atoms with E-state index in [4.69, 9.17) is 14.2 Å². The summed E-state index contributed by atoms with van der Waals surface area (Å²) in [5.41, 5.74) is 1.53. The second kappa shape index (κ2) is 17.3. The van der Waals surface area contributed by atoms with Gasteiger partial charge < -0.3 is 35.5 Å². The SMILES string of the molecule is COC(=O)N[C@H](C(=O)Nc1cccc(F)c1CC[C@@H]1CN[C@H](COC(=O)NCC(F)(F)F)CO1)[C@@H](c1ccc(F)cc1)c1ccc2ccccc2c1. The Bertz CT molecular complexity index is 1850. The first-order valence-electron chi connectivity index (χ1n) is 16.4. The second-order valence-corrected chi connectivity index (χ2v) is 12.2. The number of methoxy groups -OCH3 is 1. The number of halogens is 5. The van der Waals surface area contributed by atoms with Gasteiger partial charge in [0.2, 0.25) is 5.91 Å². The molecule has 4 aromatic carbocycles. The number of rotatable bonds is 12. The first-order chi connectivity index (χ1) is 24.9. The van der Waals surface area contributed by atoms with E-state index in [-0.39, 0.29) is 37.4 Å². The molecule has 1 fully saturated rings. The Hall–Kier alpha value is -5.28. The molecule has 0 spiro atoms. The highest BCUT2D eigenvalue weighted by Gasteiger charge is 2.34.